The van der Waals surface area contributed by atoms with Crippen molar-refractivity contribution in [2.45, 2.75) is 67.2 Å². The molecule has 4 heteroatoms. The maximum Gasteiger partial charge on any atom is 0.163 e. The summed E-state index contributed by atoms with van der Waals surface area (Å²) in [6.07, 6.45) is 1.45. The third-order valence-corrected chi connectivity index (χ3v) is 5.31. The molecule has 0 saturated heterocycles. The molecule has 0 aromatic heterocycles. The van der Waals surface area contributed by atoms with E-state index in [2.05, 4.69) is 0 Å². The quantitative estimate of drug-likeness (QED) is 0.791. The van der Waals surface area contributed by atoms with Gasteiger partial charge < -0.3 is 5.11 Å². The predicted octanol–water partition coefficient (Wildman–Crippen LogP) is 4.03. The Morgan fingerprint density at radius 2 is 1.33 bits per heavy atom. The van der Waals surface area contributed by atoms with Gasteiger partial charge in [-0.2, -0.15) is 0 Å². The fourth-order valence-electron chi connectivity index (χ4n) is 4.37. The number of carbonyl (C=O) groups is 3. The SMILES string of the molecule is CC(C)[C@H](C1=C(O)CC(C)(C)CC1=O)C1C(=O)CC(C)(C)CC1=O. The number of ketones is 3. The third kappa shape index (κ3) is 3.62. The average Bonchev–Trinajstić information content (AvgIpc) is 2.31. The smallest absolute Gasteiger partial charge is 0.163 e. The van der Waals surface area contributed by atoms with E-state index in [1.54, 1.807) is 0 Å². The molecule has 2 aliphatic rings. The minimum Gasteiger partial charge on any atom is -0.512 e. The summed E-state index contributed by atoms with van der Waals surface area (Å²) in [7, 11) is 0. The van der Waals surface area contributed by atoms with E-state index in [-0.39, 0.29) is 39.9 Å². The average molecular weight is 334 g/mol. The molecule has 1 fully saturated rings. The molecule has 0 aromatic rings. The number of hydrogen-bond acceptors (Lipinski definition) is 4. The molecule has 0 aromatic carbocycles. The fraction of sp³-hybridized carbons (Fsp3) is 0.750. The van der Waals surface area contributed by atoms with Gasteiger partial charge in [0, 0.05) is 37.2 Å². The standard InChI is InChI=1S/C20H30O4/c1-11(2)16(17-12(21)7-19(3,4)8-13(17)22)18-14(23)9-20(5,6)10-15(18)24/h11,16-17,23H,7-10H2,1-6H3/t16-/m0/s1. The van der Waals surface area contributed by atoms with Gasteiger partial charge in [-0.1, -0.05) is 41.5 Å². The highest BCUT2D eigenvalue weighted by Crippen LogP contribution is 2.45. The molecule has 0 heterocycles. The van der Waals surface area contributed by atoms with Gasteiger partial charge in [-0.25, -0.2) is 0 Å². The fourth-order valence-corrected chi connectivity index (χ4v) is 4.37. The summed E-state index contributed by atoms with van der Waals surface area (Å²) in [5, 5.41) is 10.5. The lowest BCUT2D eigenvalue weighted by atomic mass is 9.61. The Morgan fingerprint density at radius 1 is 0.875 bits per heavy atom. The number of aliphatic hydroxyl groups is 1. The van der Waals surface area contributed by atoms with Crippen LogP contribution in [0.15, 0.2) is 11.3 Å². The Labute approximate surface area is 144 Å². The number of allylic oxidation sites excluding steroid dienone is 2. The number of rotatable bonds is 3. The molecule has 1 saturated carbocycles. The van der Waals surface area contributed by atoms with Crippen molar-refractivity contribution in [3.8, 4) is 0 Å². The lowest BCUT2D eigenvalue weighted by Crippen LogP contribution is -2.45. The second-order valence-corrected chi connectivity index (χ2v) is 9.50. The lowest BCUT2D eigenvalue weighted by Gasteiger charge is -2.40. The summed E-state index contributed by atoms with van der Waals surface area (Å²) in [5.41, 5.74) is -0.272. The first-order valence-corrected chi connectivity index (χ1v) is 8.85. The van der Waals surface area contributed by atoms with E-state index in [9.17, 15) is 19.5 Å². The van der Waals surface area contributed by atoms with Gasteiger partial charge in [-0.05, 0) is 16.7 Å². The topological polar surface area (TPSA) is 71.4 Å². The van der Waals surface area contributed by atoms with E-state index in [0.717, 1.165) is 0 Å². The highest BCUT2D eigenvalue weighted by atomic mass is 16.3. The van der Waals surface area contributed by atoms with E-state index in [1.165, 1.54) is 0 Å². The van der Waals surface area contributed by atoms with E-state index < -0.39 is 11.8 Å². The molecular formula is C20H30O4. The molecule has 4 nitrogen and oxygen atoms in total. The third-order valence-electron chi connectivity index (χ3n) is 5.31. The predicted molar refractivity (Wildman–Crippen MR) is 92.5 cm³/mol. The Bertz CT molecular complexity index is 587. The van der Waals surface area contributed by atoms with Crippen molar-refractivity contribution in [3.05, 3.63) is 11.3 Å². The van der Waals surface area contributed by atoms with E-state index in [1.807, 2.05) is 41.5 Å². The van der Waals surface area contributed by atoms with Gasteiger partial charge in [-0.15, -0.1) is 0 Å². The van der Waals surface area contributed by atoms with Gasteiger partial charge in [0.05, 0.1) is 11.7 Å². The van der Waals surface area contributed by atoms with Crippen molar-refractivity contribution in [1.82, 2.24) is 0 Å². The van der Waals surface area contributed by atoms with Crippen LogP contribution in [0.3, 0.4) is 0 Å². The van der Waals surface area contributed by atoms with Crippen LogP contribution in [0.25, 0.3) is 0 Å². The Morgan fingerprint density at radius 3 is 1.75 bits per heavy atom. The summed E-state index contributed by atoms with van der Waals surface area (Å²) >= 11 is 0. The molecule has 134 valence electrons. The van der Waals surface area contributed by atoms with Crippen LogP contribution in [0, 0.1) is 28.6 Å². The molecule has 24 heavy (non-hydrogen) atoms. The Balaban J connectivity index is 2.46. The van der Waals surface area contributed by atoms with E-state index in [0.29, 0.717) is 31.3 Å². The van der Waals surface area contributed by atoms with Crippen molar-refractivity contribution < 1.29 is 19.5 Å². The van der Waals surface area contributed by atoms with Gasteiger partial charge in [0.25, 0.3) is 0 Å². The molecule has 0 bridgehead atoms. The van der Waals surface area contributed by atoms with Crippen molar-refractivity contribution in [3.63, 3.8) is 0 Å². The first-order chi connectivity index (χ1) is 10.8. The maximum atomic E-state index is 12.7. The molecule has 0 spiro atoms. The monoisotopic (exact) mass is 334 g/mol. The van der Waals surface area contributed by atoms with Crippen LogP contribution in [-0.4, -0.2) is 22.5 Å². The second kappa shape index (κ2) is 6.12. The molecule has 0 aliphatic heterocycles. The largest absolute Gasteiger partial charge is 0.512 e. The lowest BCUT2D eigenvalue weighted by molar-refractivity contribution is -0.142. The highest BCUT2D eigenvalue weighted by Gasteiger charge is 2.48. The van der Waals surface area contributed by atoms with E-state index >= 15 is 0 Å². The van der Waals surface area contributed by atoms with Gasteiger partial charge in [0.15, 0.2) is 5.78 Å². The minimum absolute atomic E-state index is 0.0635. The molecule has 2 aliphatic carbocycles. The van der Waals surface area contributed by atoms with Gasteiger partial charge in [0.2, 0.25) is 0 Å². The van der Waals surface area contributed by atoms with Crippen molar-refractivity contribution in [2.24, 2.45) is 28.6 Å². The van der Waals surface area contributed by atoms with Crippen LogP contribution in [0.5, 0.6) is 0 Å². The number of aliphatic hydroxyl groups excluding tert-OH is 1. The number of hydrogen-bond donors (Lipinski definition) is 1. The minimum atomic E-state index is -0.791. The molecule has 1 N–H and O–H groups in total. The van der Waals surface area contributed by atoms with Crippen LogP contribution < -0.4 is 0 Å². The summed E-state index contributed by atoms with van der Waals surface area (Å²) in [4.78, 5) is 38.1. The first kappa shape index (κ1) is 18.9. The van der Waals surface area contributed by atoms with Crippen LogP contribution in [-0.2, 0) is 14.4 Å². The van der Waals surface area contributed by atoms with Crippen LogP contribution in [0.1, 0.15) is 67.2 Å². The summed E-state index contributed by atoms with van der Waals surface area (Å²) in [6.45, 7) is 11.6. The van der Waals surface area contributed by atoms with Gasteiger partial charge >= 0.3 is 0 Å². The zero-order valence-electron chi connectivity index (χ0n) is 15.7. The zero-order valence-corrected chi connectivity index (χ0v) is 15.7. The molecule has 0 radical (unpaired) electrons. The molecule has 2 rings (SSSR count). The summed E-state index contributed by atoms with van der Waals surface area (Å²) in [6, 6.07) is 0. The molecule has 0 amide bonds. The molecular weight excluding hydrogens is 304 g/mol. The zero-order chi connectivity index (χ0) is 18.4. The Hall–Kier alpha value is -1.45. The number of Topliss-reactive ketones (excluding diaryl/α,β-unsaturated/α-hetero) is 3. The summed E-state index contributed by atoms with van der Waals surface area (Å²) in [5.74, 6) is -1.59. The van der Waals surface area contributed by atoms with Crippen molar-refractivity contribution in [2.75, 3.05) is 0 Å². The normalized spacial score (nSPS) is 26.2. The van der Waals surface area contributed by atoms with E-state index in [4.69, 9.17) is 0 Å². The Kier molecular flexibility index (Phi) is 4.82. The molecule has 0 unspecified atom stereocenters. The summed E-state index contributed by atoms with van der Waals surface area (Å²) < 4.78 is 0. The van der Waals surface area contributed by atoms with Crippen molar-refractivity contribution in [1.29, 1.82) is 0 Å². The first-order valence-electron chi connectivity index (χ1n) is 8.85. The highest BCUT2D eigenvalue weighted by molar-refractivity contribution is 6.08. The molecule has 1 atom stereocenters. The van der Waals surface area contributed by atoms with Crippen LogP contribution in [0.4, 0.5) is 0 Å². The van der Waals surface area contributed by atoms with Gasteiger partial charge in [0.1, 0.15) is 11.6 Å². The van der Waals surface area contributed by atoms with Crippen molar-refractivity contribution >= 4 is 17.3 Å². The van der Waals surface area contributed by atoms with Crippen LogP contribution in [0.2, 0.25) is 0 Å². The second-order valence-electron chi connectivity index (χ2n) is 9.50. The van der Waals surface area contributed by atoms with Gasteiger partial charge in [-0.3, -0.25) is 14.4 Å². The maximum absolute atomic E-state index is 12.7. The van der Waals surface area contributed by atoms with Crippen LogP contribution >= 0.6 is 0 Å². The number of carbonyl (C=O) groups excluding carboxylic acids is 3.